The fourth-order valence-corrected chi connectivity index (χ4v) is 3.63. The van der Waals surface area contributed by atoms with Gasteiger partial charge in [-0.05, 0) is 43.2 Å². The molecule has 0 aliphatic heterocycles. The number of carbonyl (C=O) groups is 2. The number of fused-ring (bicyclic) bond motifs is 1. The quantitative estimate of drug-likeness (QED) is 0.557. The van der Waals surface area contributed by atoms with Crippen molar-refractivity contribution in [2.45, 2.75) is 38.3 Å². The van der Waals surface area contributed by atoms with E-state index in [-0.39, 0.29) is 48.5 Å². The molecular weight excluding hydrogens is 448 g/mol. The first-order valence-corrected chi connectivity index (χ1v) is 10.6. The van der Waals surface area contributed by atoms with E-state index in [2.05, 4.69) is 31.5 Å². The highest BCUT2D eigenvalue weighted by Crippen LogP contribution is 2.19. The summed E-state index contributed by atoms with van der Waals surface area (Å²) in [6, 6.07) is 14.7. The van der Waals surface area contributed by atoms with E-state index in [4.69, 9.17) is 0 Å². The average Bonchev–Trinajstić information content (AvgIpc) is 3.53. The molecular formula is C22H21BrN4O3. The summed E-state index contributed by atoms with van der Waals surface area (Å²) in [4.78, 5) is 42.2. The van der Waals surface area contributed by atoms with E-state index in [1.165, 1.54) is 4.57 Å². The zero-order chi connectivity index (χ0) is 21.1. The van der Waals surface area contributed by atoms with Gasteiger partial charge in [0.05, 0.1) is 11.0 Å². The van der Waals surface area contributed by atoms with Gasteiger partial charge in [-0.25, -0.2) is 4.98 Å². The largest absolute Gasteiger partial charge is 0.353 e. The van der Waals surface area contributed by atoms with Crippen molar-refractivity contribution in [3.8, 4) is 0 Å². The van der Waals surface area contributed by atoms with Crippen molar-refractivity contribution in [3.63, 3.8) is 0 Å². The summed E-state index contributed by atoms with van der Waals surface area (Å²) in [6.07, 6.45) is 2.45. The number of carbonyl (C=O) groups excluding carboxylic acids is 2. The number of nitrogens with one attached hydrogen (secondary N) is 2. The number of nitrogens with zero attached hydrogens (tertiary/aromatic N) is 2. The van der Waals surface area contributed by atoms with Crippen LogP contribution in [0.4, 0.5) is 5.69 Å². The Kier molecular flexibility index (Phi) is 5.94. The minimum atomic E-state index is -0.350. The van der Waals surface area contributed by atoms with Gasteiger partial charge >= 0.3 is 0 Å². The Morgan fingerprint density at radius 2 is 1.90 bits per heavy atom. The maximum Gasteiger partial charge on any atom is 0.273 e. The van der Waals surface area contributed by atoms with Crippen molar-refractivity contribution in [1.82, 2.24) is 14.9 Å². The maximum absolute atomic E-state index is 13.1. The van der Waals surface area contributed by atoms with Crippen LogP contribution in [0.5, 0.6) is 0 Å². The molecule has 0 spiro atoms. The second-order valence-electron chi connectivity index (χ2n) is 7.34. The van der Waals surface area contributed by atoms with E-state index in [1.54, 1.807) is 30.3 Å². The molecule has 0 saturated heterocycles. The molecule has 154 valence electrons. The lowest BCUT2D eigenvalue weighted by Gasteiger charge is -2.13. The SMILES string of the molecule is O=C(Cn1c(=O)c(CCC(=O)NC2CC2)nc2ccccc21)Nc1cccc(Br)c1. The van der Waals surface area contributed by atoms with Gasteiger partial charge in [0.2, 0.25) is 11.8 Å². The number of anilines is 1. The van der Waals surface area contributed by atoms with E-state index in [9.17, 15) is 14.4 Å². The smallest absolute Gasteiger partial charge is 0.273 e. The van der Waals surface area contributed by atoms with Crippen molar-refractivity contribution >= 4 is 44.5 Å². The lowest BCUT2D eigenvalue weighted by atomic mass is 10.2. The summed E-state index contributed by atoms with van der Waals surface area (Å²) < 4.78 is 2.27. The van der Waals surface area contributed by atoms with Crippen LogP contribution in [0.2, 0.25) is 0 Å². The second kappa shape index (κ2) is 8.79. The summed E-state index contributed by atoms with van der Waals surface area (Å²) in [6.45, 7) is -0.143. The van der Waals surface area contributed by atoms with Gasteiger partial charge in [0.1, 0.15) is 12.2 Å². The molecule has 1 saturated carbocycles. The first-order valence-electron chi connectivity index (χ1n) is 9.83. The molecule has 1 aliphatic rings. The standard InChI is InChI=1S/C22H21BrN4O3/c23-14-4-3-5-16(12-14)25-21(29)13-27-19-7-2-1-6-17(19)26-18(22(27)30)10-11-20(28)24-15-8-9-15/h1-7,12,15H,8-11,13H2,(H,24,28)(H,25,29). The monoisotopic (exact) mass is 468 g/mol. The minimum Gasteiger partial charge on any atom is -0.353 e. The van der Waals surface area contributed by atoms with Crippen LogP contribution in [0.3, 0.4) is 0 Å². The fraction of sp³-hybridized carbons (Fsp3) is 0.273. The van der Waals surface area contributed by atoms with Crippen LogP contribution in [0.25, 0.3) is 11.0 Å². The van der Waals surface area contributed by atoms with Crippen LogP contribution >= 0.6 is 15.9 Å². The van der Waals surface area contributed by atoms with E-state index in [0.717, 1.165) is 17.3 Å². The van der Waals surface area contributed by atoms with E-state index in [1.807, 2.05) is 18.2 Å². The minimum absolute atomic E-state index is 0.0780. The Hall–Kier alpha value is -3.00. The number of amides is 2. The molecule has 1 aromatic heterocycles. The van der Waals surface area contributed by atoms with Crippen LogP contribution in [0, 0.1) is 0 Å². The van der Waals surface area contributed by atoms with Gasteiger partial charge < -0.3 is 10.6 Å². The van der Waals surface area contributed by atoms with Crippen molar-refractivity contribution in [2.24, 2.45) is 0 Å². The molecule has 2 amide bonds. The predicted molar refractivity (Wildman–Crippen MR) is 118 cm³/mol. The number of para-hydroxylation sites is 2. The molecule has 0 bridgehead atoms. The van der Waals surface area contributed by atoms with Crippen LogP contribution < -0.4 is 16.2 Å². The van der Waals surface area contributed by atoms with Gasteiger partial charge in [0.25, 0.3) is 5.56 Å². The van der Waals surface area contributed by atoms with Crippen molar-refractivity contribution in [1.29, 1.82) is 0 Å². The summed E-state index contributed by atoms with van der Waals surface area (Å²) in [5.41, 5.74) is 1.77. The van der Waals surface area contributed by atoms with E-state index in [0.29, 0.717) is 16.7 Å². The van der Waals surface area contributed by atoms with Crippen molar-refractivity contribution in [3.05, 3.63) is 69.1 Å². The van der Waals surface area contributed by atoms with Crippen LogP contribution in [0.15, 0.2) is 57.8 Å². The van der Waals surface area contributed by atoms with Gasteiger partial charge in [-0.3, -0.25) is 19.0 Å². The number of rotatable bonds is 7. The summed E-state index contributed by atoms with van der Waals surface area (Å²) in [5.74, 6) is -0.394. The number of halogens is 1. The normalized spacial score (nSPS) is 13.2. The number of benzene rings is 2. The lowest BCUT2D eigenvalue weighted by molar-refractivity contribution is -0.121. The summed E-state index contributed by atoms with van der Waals surface area (Å²) in [7, 11) is 0. The zero-order valence-electron chi connectivity index (χ0n) is 16.2. The molecule has 0 atom stereocenters. The van der Waals surface area contributed by atoms with Gasteiger partial charge in [-0.15, -0.1) is 0 Å². The molecule has 4 rings (SSSR count). The molecule has 30 heavy (non-hydrogen) atoms. The number of aryl methyl sites for hydroxylation is 1. The third kappa shape index (κ3) is 4.94. The third-order valence-corrected chi connectivity index (χ3v) is 5.35. The highest BCUT2D eigenvalue weighted by molar-refractivity contribution is 9.10. The van der Waals surface area contributed by atoms with Crippen LogP contribution in [0.1, 0.15) is 25.0 Å². The summed E-state index contributed by atoms with van der Waals surface area (Å²) in [5, 5.41) is 5.72. The molecule has 1 heterocycles. The number of hydrogen-bond acceptors (Lipinski definition) is 4. The highest BCUT2D eigenvalue weighted by Gasteiger charge is 2.23. The molecule has 2 aromatic carbocycles. The molecule has 3 aromatic rings. The molecule has 7 nitrogen and oxygen atoms in total. The van der Waals surface area contributed by atoms with Gasteiger partial charge in [-0.1, -0.05) is 34.1 Å². The van der Waals surface area contributed by atoms with Crippen LogP contribution in [-0.4, -0.2) is 27.4 Å². The second-order valence-corrected chi connectivity index (χ2v) is 8.25. The Bertz CT molecular complexity index is 1170. The molecule has 8 heteroatoms. The van der Waals surface area contributed by atoms with Gasteiger partial charge in [0.15, 0.2) is 0 Å². The molecule has 0 radical (unpaired) electrons. The van der Waals surface area contributed by atoms with Crippen LogP contribution in [-0.2, 0) is 22.6 Å². The average molecular weight is 469 g/mol. The number of hydrogen-bond donors (Lipinski definition) is 2. The Labute approximate surface area is 181 Å². The predicted octanol–water partition coefficient (Wildman–Crippen LogP) is 3.01. The topological polar surface area (TPSA) is 93.1 Å². The first-order chi connectivity index (χ1) is 14.5. The van der Waals surface area contributed by atoms with Gasteiger partial charge in [-0.2, -0.15) is 0 Å². The molecule has 1 fully saturated rings. The van der Waals surface area contributed by atoms with Crippen molar-refractivity contribution in [2.75, 3.05) is 5.32 Å². The number of aromatic nitrogens is 2. The molecule has 1 aliphatic carbocycles. The molecule has 0 unspecified atom stereocenters. The fourth-order valence-electron chi connectivity index (χ4n) is 3.23. The van der Waals surface area contributed by atoms with Gasteiger partial charge in [0, 0.05) is 29.0 Å². The third-order valence-electron chi connectivity index (χ3n) is 4.86. The first kappa shape index (κ1) is 20.3. The van der Waals surface area contributed by atoms with Crippen molar-refractivity contribution < 1.29 is 9.59 Å². The summed E-state index contributed by atoms with van der Waals surface area (Å²) >= 11 is 3.37. The Morgan fingerprint density at radius 3 is 2.67 bits per heavy atom. The maximum atomic E-state index is 13.1. The Morgan fingerprint density at radius 1 is 1.10 bits per heavy atom. The zero-order valence-corrected chi connectivity index (χ0v) is 17.8. The van der Waals surface area contributed by atoms with E-state index >= 15 is 0 Å². The lowest BCUT2D eigenvalue weighted by Crippen LogP contribution is -2.32. The Balaban J connectivity index is 1.57. The van der Waals surface area contributed by atoms with E-state index < -0.39 is 0 Å². The molecule has 2 N–H and O–H groups in total. The highest BCUT2D eigenvalue weighted by atomic mass is 79.9.